The Bertz CT molecular complexity index is 713. The van der Waals surface area contributed by atoms with Crippen molar-refractivity contribution in [3.8, 4) is 0 Å². The predicted molar refractivity (Wildman–Crippen MR) is 77.3 cm³/mol. The minimum absolute atomic E-state index is 0.337. The summed E-state index contributed by atoms with van der Waals surface area (Å²) in [5.41, 5.74) is 0.926. The molecule has 2 aromatic heterocycles. The van der Waals surface area contributed by atoms with Crippen LogP contribution in [-0.2, 0) is 6.54 Å². The van der Waals surface area contributed by atoms with Gasteiger partial charge < -0.3 is 9.88 Å². The molecule has 102 valence electrons. The Kier molecular flexibility index (Phi) is 3.28. The minimum Gasteiger partial charge on any atom is -0.362 e. The highest BCUT2D eigenvalue weighted by Gasteiger charge is 2.08. The molecule has 20 heavy (non-hydrogen) atoms. The molecule has 3 rings (SSSR count). The zero-order valence-corrected chi connectivity index (χ0v) is 11.5. The molecule has 0 saturated heterocycles. The number of aromatic nitrogens is 5. The van der Waals surface area contributed by atoms with Crippen molar-refractivity contribution in [1.29, 1.82) is 0 Å². The first-order chi connectivity index (χ1) is 9.75. The summed E-state index contributed by atoms with van der Waals surface area (Å²) in [4.78, 5) is 8.55. The van der Waals surface area contributed by atoms with Gasteiger partial charge in [-0.05, 0) is 26.0 Å². The van der Waals surface area contributed by atoms with E-state index in [1.54, 1.807) is 12.7 Å². The minimum atomic E-state index is 0.337. The van der Waals surface area contributed by atoms with Crippen molar-refractivity contribution in [3.05, 3.63) is 42.7 Å². The lowest BCUT2D eigenvalue weighted by Crippen LogP contribution is -2.11. The molecule has 3 aromatic rings. The molecule has 0 bridgehead atoms. The standard InChI is InChI=1S/C14H16N6/c1-10(2)20-9-18-19-13(20)7-15-14-11-5-3-4-6-12(11)16-8-17-14/h3-6,8-10H,7H2,1-2H3,(H,15,16,17). The van der Waals surface area contributed by atoms with Gasteiger partial charge in [0.25, 0.3) is 0 Å². The zero-order chi connectivity index (χ0) is 13.9. The molecule has 2 heterocycles. The van der Waals surface area contributed by atoms with Crippen LogP contribution in [0.3, 0.4) is 0 Å². The molecular formula is C14H16N6. The van der Waals surface area contributed by atoms with Crippen molar-refractivity contribution in [2.45, 2.75) is 26.4 Å². The van der Waals surface area contributed by atoms with Crippen LogP contribution in [0.2, 0.25) is 0 Å². The van der Waals surface area contributed by atoms with Gasteiger partial charge in [0, 0.05) is 11.4 Å². The third-order valence-corrected chi connectivity index (χ3v) is 3.16. The smallest absolute Gasteiger partial charge is 0.152 e. The molecule has 0 aliphatic heterocycles. The second-order valence-electron chi connectivity index (χ2n) is 4.84. The number of hydrogen-bond donors (Lipinski definition) is 1. The van der Waals surface area contributed by atoms with E-state index in [1.165, 1.54) is 0 Å². The molecule has 0 aliphatic rings. The summed E-state index contributed by atoms with van der Waals surface area (Å²) in [6, 6.07) is 8.26. The second-order valence-corrected chi connectivity index (χ2v) is 4.84. The maximum absolute atomic E-state index is 4.30. The number of hydrogen-bond acceptors (Lipinski definition) is 5. The van der Waals surface area contributed by atoms with Crippen LogP contribution in [0, 0.1) is 0 Å². The first-order valence-electron chi connectivity index (χ1n) is 6.57. The molecule has 0 aliphatic carbocycles. The first kappa shape index (κ1) is 12.5. The molecule has 6 nitrogen and oxygen atoms in total. The number of benzene rings is 1. The van der Waals surface area contributed by atoms with E-state index in [-0.39, 0.29) is 0 Å². The van der Waals surface area contributed by atoms with E-state index in [0.29, 0.717) is 12.6 Å². The number of para-hydroxylation sites is 1. The van der Waals surface area contributed by atoms with Crippen LogP contribution in [0.5, 0.6) is 0 Å². The molecule has 0 radical (unpaired) electrons. The highest BCUT2D eigenvalue weighted by atomic mass is 15.3. The van der Waals surface area contributed by atoms with Crippen molar-refractivity contribution in [2.75, 3.05) is 5.32 Å². The van der Waals surface area contributed by atoms with Crippen LogP contribution in [0.1, 0.15) is 25.7 Å². The number of nitrogens with one attached hydrogen (secondary N) is 1. The summed E-state index contributed by atoms with van der Waals surface area (Å²) in [5, 5.41) is 12.4. The molecule has 0 spiro atoms. The first-order valence-corrected chi connectivity index (χ1v) is 6.57. The maximum Gasteiger partial charge on any atom is 0.152 e. The van der Waals surface area contributed by atoms with Crippen molar-refractivity contribution >= 4 is 16.7 Å². The van der Waals surface area contributed by atoms with E-state index in [4.69, 9.17) is 0 Å². The summed E-state index contributed by atoms with van der Waals surface area (Å²) in [6.45, 7) is 4.79. The fraction of sp³-hybridized carbons (Fsp3) is 0.286. The Labute approximate surface area is 116 Å². The predicted octanol–water partition coefficient (Wildman–Crippen LogP) is 2.41. The molecule has 0 saturated carbocycles. The Hall–Kier alpha value is -2.50. The van der Waals surface area contributed by atoms with Gasteiger partial charge in [0.2, 0.25) is 0 Å². The van der Waals surface area contributed by atoms with Gasteiger partial charge in [-0.3, -0.25) is 0 Å². The van der Waals surface area contributed by atoms with Crippen LogP contribution >= 0.6 is 0 Å². The largest absolute Gasteiger partial charge is 0.362 e. The summed E-state index contributed by atoms with van der Waals surface area (Å²) in [5.74, 6) is 1.71. The lowest BCUT2D eigenvalue weighted by Gasteiger charge is -2.11. The van der Waals surface area contributed by atoms with E-state index in [9.17, 15) is 0 Å². The van der Waals surface area contributed by atoms with Crippen LogP contribution in [-0.4, -0.2) is 24.7 Å². The second kappa shape index (κ2) is 5.24. The SMILES string of the molecule is CC(C)n1cnnc1CNc1ncnc2ccccc12. The van der Waals surface area contributed by atoms with E-state index in [0.717, 1.165) is 22.5 Å². The lowest BCUT2D eigenvalue weighted by atomic mass is 10.2. The fourth-order valence-corrected chi connectivity index (χ4v) is 2.13. The summed E-state index contributed by atoms with van der Waals surface area (Å²) in [6.07, 6.45) is 3.32. The zero-order valence-electron chi connectivity index (χ0n) is 11.5. The third kappa shape index (κ3) is 2.32. The third-order valence-electron chi connectivity index (χ3n) is 3.16. The van der Waals surface area contributed by atoms with Crippen molar-refractivity contribution in [3.63, 3.8) is 0 Å². The number of anilines is 1. The average molecular weight is 268 g/mol. The van der Waals surface area contributed by atoms with Crippen molar-refractivity contribution in [1.82, 2.24) is 24.7 Å². The molecule has 0 unspecified atom stereocenters. The van der Waals surface area contributed by atoms with Crippen LogP contribution in [0.15, 0.2) is 36.9 Å². The summed E-state index contributed by atoms with van der Waals surface area (Å²) in [7, 11) is 0. The van der Waals surface area contributed by atoms with Crippen LogP contribution in [0.4, 0.5) is 5.82 Å². The highest BCUT2D eigenvalue weighted by Crippen LogP contribution is 2.19. The molecular weight excluding hydrogens is 252 g/mol. The van der Waals surface area contributed by atoms with Crippen molar-refractivity contribution in [2.24, 2.45) is 0 Å². The van der Waals surface area contributed by atoms with Gasteiger partial charge in [-0.1, -0.05) is 12.1 Å². The summed E-state index contributed by atoms with van der Waals surface area (Å²) < 4.78 is 2.04. The fourth-order valence-electron chi connectivity index (χ4n) is 2.13. The summed E-state index contributed by atoms with van der Waals surface area (Å²) >= 11 is 0. The Balaban J connectivity index is 1.85. The van der Waals surface area contributed by atoms with E-state index < -0.39 is 0 Å². The average Bonchev–Trinajstić information content (AvgIpc) is 2.93. The lowest BCUT2D eigenvalue weighted by molar-refractivity contribution is 0.572. The van der Waals surface area contributed by atoms with E-state index in [2.05, 4.69) is 39.3 Å². The van der Waals surface area contributed by atoms with Gasteiger partial charge in [-0.25, -0.2) is 9.97 Å². The topological polar surface area (TPSA) is 68.5 Å². The van der Waals surface area contributed by atoms with E-state index in [1.807, 2.05) is 28.8 Å². The van der Waals surface area contributed by atoms with Crippen molar-refractivity contribution < 1.29 is 0 Å². The number of nitrogens with zero attached hydrogens (tertiary/aromatic N) is 5. The van der Waals surface area contributed by atoms with Gasteiger partial charge in [0.05, 0.1) is 12.1 Å². The molecule has 1 N–H and O–H groups in total. The number of fused-ring (bicyclic) bond motifs is 1. The van der Waals surface area contributed by atoms with Gasteiger partial charge in [0.15, 0.2) is 5.82 Å². The van der Waals surface area contributed by atoms with Crippen LogP contribution < -0.4 is 5.32 Å². The Morgan fingerprint density at radius 2 is 2.05 bits per heavy atom. The van der Waals surface area contributed by atoms with Gasteiger partial charge in [0.1, 0.15) is 18.5 Å². The van der Waals surface area contributed by atoms with Crippen LogP contribution in [0.25, 0.3) is 10.9 Å². The Morgan fingerprint density at radius 3 is 2.90 bits per heavy atom. The Morgan fingerprint density at radius 1 is 1.20 bits per heavy atom. The normalized spacial score (nSPS) is 11.2. The quantitative estimate of drug-likeness (QED) is 0.787. The number of rotatable bonds is 4. The molecule has 6 heteroatoms. The maximum atomic E-state index is 4.30. The molecule has 0 fully saturated rings. The molecule has 0 atom stereocenters. The van der Waals surface area contributed by atoms with Gasteiger partial charge in [-0.15, -0.1) is 10.2 Å². The highest BCUT2D eigenvalue weighted by molar-refractivity contribution is 5.88. The van der Waals surface area contributed by atoms with E-state index >= 15 is 0 Å². The molecule has 1 aromatic carbocycles. The van der Waals surface area contributed by atoms with Gasteiger partial charge in [-0.2, -0.15) is 0 Å². The molecule has 0 amide bonds. The monoisotopic (exact) mass is 268 g/mol. The van der Waals surface area contributed by atoms with Gasteiger partial charge >= 0.3 is 0 Å².